The van der Waals surface area contributed by atoms with Crippen molar-refractivity contribution in [1.82, 2.24) is 19.3 Å². The molecule has 3 aromatic heterocycles. The normalized spacial score (nSPS) is 15.8. The molecule has 5 aromatic rings. The highest BCUT2D eigenvalue weighted by Gasteiger charge is 2.39. The molecule has 0 saturated carbocycles. The van der Waals surface area contributed by atoms with Crippen LogP contribution in [0.2, 0.25) is 0 Å². The first-order chi connectivity index (χ1) is 24.3. The van der Waals surface area contributed by atoms with Crippen LogP contribution in [0.25, 0.3) is 27.7 Å². The molecule has 1 saturated heterocycles. The number of nitrogens with one attached hydrogen (secondary N) is 2. The zero-order valence-electron chi connectivity index (χ0n) is 28.0. The fourth-order valence-corrected chi connectivity index (χ4v) is 6.82. The third kappa shape index (κ3) is 6.27. The van der Waals surface area contributed by atoms with Gasteiger partial charge in [-0.25, -0.2) is 13.8 Å². The van der Waals surface area contributed by atoms with Crippen LogP contribution >= 0.6 is 0 Å². The Bertz CT molecular complexity index is 2220. The topological polar surface area (TPSA) is 98.9 Å². The van der Waals surface area contributed by atoms with E-state index in [0.717, 1.165) is 37.1 Å². The van der Waals surface area contributed by atoms with Crippen molar-refractivity contribution >= 4 is 33.9 Å². The molecule has 7 rings (SSSR count). The number of hydrogen-bond acceptors (Lipinski definition) is 6. The Morgan fingerprint density at radius 3 is 2.51 bits per heavy atom. The number of pyridine rings is 1. The van der Waals surface area contributed by atoms with Crippen LogP contribution in [0.3, 0.4) is 0 Å². The molecule has 0 spiro atoms. The number of aromatic nitrogens is 3. The highest BCUT2D eigenvalue weighted by atomic mass is 19.4. The summed E-state index contributed by atoms with van der Waals surface area (Å²) in [7, 11) is 1.63. The van der Waals surface area contributed by atoms with Gasteiger partial charge in [-0.1, -0.05) is 12.1 Å². The minimum absolute atomic E-state index is 0.0159. The number of ketones is 1. The van der Waals surface area contributed by atoms with E-state index in [1.165, 1.54) is 28.8 Å². The minimum Gasteiger partial charge on any atom is -0.490 e. The lowest BCUT2D eigenvalue weighted by Crippen LogP contribution is -2.46. The van der Waals surface area contributed by atoms with E-state index in [-0.39, 0.29) is 57.7 Å². The first-order valence-electron chi connectivity index (χ1n) is 16.4. The summed E-state index contributed by atoms with van der Waals surface area (Å²) in [6.07, 6.45) is 1.31. The van der Waals surface area contributed by atoms with Gasteiger partial charge in [-0.3, -0.25) is 9.59 Å². The van der Waals surface area contributed by atoms with Crippen LogP contribution < -0.4 is 15.4 Å². The van der Waals surface area contributed by atoms with Gasteiger partial charge in [0.15, 0.2) is 5.75 Å². The first-order valence-corrected chi connectivity index (χ1v) is 16.4. The summed E-state index contributed by atoms with van der Waals surface area (Å²) in [6.45, 7) is 5.35. The Morgan fingerprint density at radius 2 is 1.80 bits per heavy atom. The second kappa shape index (κ2) is 12.9. The Morgan fingerprint density at radius 1 is 1.08 bits per heavy atom. The van der Waals surface area contributed by atoms with Gasteiger partial charge in [-0.15, -0.1) is 0 Å². The van der Waals surface area contributed by atoms with E-state index in [4.69, 9.17) is 9.47 Å². The standard InChI is InChI=1S/C37H34F5N5O4/c1-20-44-32-27(46(20)3)19-24(37(40,41)42)30-23-6-5-12-47-28(18-21(33(23)47)8-13-51-35(30)32)34(49)22-16-25(38)31(26(39)17-22)45-29(48)7-4-11-43-36(2)9-14-50-15-10-36/h4-7,12,16-19,43H,8-11,13-15H2,1-3H3,(H,45,48)/b7-4+. The summed E-state index contributed by atoms with van der Waals surface area (Å²) in [6, 6.07) is 7.19. The van der Waals surface area contributed by atoms with Gasteiger partial charge >= 0.3 is 6.18 Å². The van der Waals surface area contributed by atoms with Crippen LogP contribution in [0.15, 0.2) is 54.7 Å². The van der Waals surface area contributed by atoms with Crippen LogP contribution in [-0.2, 0) is 29.2 Å². The Hall–Kier alpha value is -5.08. The molecule has 0 aliphatic carbocycles. The van der Waals surface area contributed by atoms with Crippen LogP contribution in [0.5, 0.6) is 5.75 Å². The number of fused-ring (bicyclic) bond motifs is 4. The quantitative estimate of drug-likeness (QED) is 0.108. The Kier molecular flexibility index (Phi) is 8.70. The van der Waals surface area contributed by atoms with Crippen LogP contribution in [0.4, 0.5) is 27.6 Å². The summed E-state index contributed by atoms with van der Waals surface area (Å²) in [5, 5.41) is 5.53. The number of imidazole rings is 1. The molecule has 2 N–H and O–H groups in total. The van der Waals surface area contributed by atoms with Gasteiger partial charge in [-0.2, -0.15) is 13.2 Å². The number of nitrogens with zero attached hydrogens (tertiary/aromatic N) is 3. The second-order valence-electron chi connectivity index (χ2n) is 13.1. The molecule has 266 valence electrons. The average molecular weight is 708 g/mol. The molecule has 2 aromatic carbocycles. The minimum atomic E-state index is -4.76. The van der Waals surface area contributed by atoms with E-state index >= 15 is 8.78 Å². The van der Waals surface area contributed by atoms with Crippen LogP contribution in [0.1, 0.15) is 52.8 Å². The number of rotatable bonds is 7. The predicted octanol–water partition coefficient (Wildman–Crippen LogP) is 6.92. The third-order valence-corrected chi connectivity index (χ3v) is 9.71. The molecular weight excluding hydrogens is 673 g/mol. The maximum absolute atomic E-state index is 15.3. The number of amides is 1. The van der Waals surface area contributed by atoms with Crippen molar-refractivity contribution < 1.29 is 41.0 Å². The lowest BCUT2D eigenvalue weighted by molar-refractivity contribution is -0.137. The fourth-order valence-electron chi connectivity index (χ4n) is 6.82. The Labute approximate surface area is 289 Å². The number of halogens is 5. The zero-order chi connectivity index (χ0) is 36.2. The molecule has 9 nitrogen and oxygen atoms in total. The number of anilines is 1. The predicted molar refractivity (Wildman–Crippen MR) is 180 cm³/mol. The number of hydrogen-bond donors (Lipinski definition) is 2. The van der Waals surface area contributed by atoms with Gasteiger partial charge in [0.1, 0.15) is 28.7 Å². The Balaban J connectivity index is 1.21. The maximum atomic E-state index is 15.3. The zero-order valence-corrected chi connectivity index (χ0v) is 28.0. The summed E-state index contributed by atoms with van der Waals surface area (Å²) >= 11 is 0. The third-order valence-electron chi connectivity index (χ3n) is 9.71. The van der Waals surface area contributed by atoms with Gasteiger partial charge in [0, 0.05) is 67.7 Å². The van der Waals surface area contributed by atoms with E-state index < -0.39 is 40.8 Å². The maximum Gasteiger partial charge on any atom is 0.417 e. The molecular formula is C37H34F5N5O4. The molecule has 1 fully saturated rings. The van der Waals surface area contributed by atoms with Gasteiger partial charge < -0.3 is 29.1 Å². The van der Waals surface area contributed by atoms with E-state index in [1.54, 1.807) is 24.6 Å². The molecule has 0 radical (unpaired) electrons. The SMILES string of the molecule is Cc1nc2c3c(c(C(F)(F)F)cc2n1C)-c1cccn2c(C(=O)c4cc(F)c(NC(=O)/C=C/CNC5(C)CCOCC5)c(F)c4)cc(c12)CCO3. The summed E-state index contributed by atoms with van der Waals surface area (Å²) in [5.41, 5.74) is -0.810. The number of ether oxygens (including phenoxy) is 2. The average Bonchev–Trinajstić information content (AvgIpc) is 3.59. The molecule has 1 amide bonds. The number of aryl methyl sites for hydroxylation is 2. The summed E-state index contributed by atoms with van der Waals surface area (Å²) in [4.78, 5) is 30.8. The fraction of sp³-hybridized carbons (Fsp3) is 0.324. The van der Waals surface area contributed by atoms with Gasteiger partial charge in [0.05, 0.1) is 28.9 Å². The molecule has 5 heterocycles. The van der Waals surface area contributed by atoms with Crippen molar-refractivity contribution in [2.75, 3.05) is 31.7 Å². The van der Waals surface area contributed by atoms with Crippen LogP contribution in [0, 0.1) is 18.6 Å². The van der Waals surface area contributed by atoms with Crippen molar-refractivity contribution in [3.63, 3.8) is 0 Å². The molecule has 2 aliphatic heterocycles. The second-order valence-corrected chi connectivity index (χ2v) is 13.1. The summed E-state index contributed by atoms with van der Waals surface area (Å²) in [5.74, 6) is -3.38. The lowest BCUT2D eigenvalue weighted by atomic mass is 9.92. The van der Waals surface area contributed by atoms with Crippen molar-refractivity contribution in [1.29, 1.82) is 0 Å². The molecule has 2 aliphatic rings. The number of carbonyl (C=O) groups excluding carboxylic acids is 2. The number of carbonyl (C=O) groups is 2. The first kappa shape index (κ1) is 34.4. The van der Waals surface area contributed by atoms with Crippen molar-refractivity contribution in [2.45, 2.75) is 44.8 Å². The number of alkyl halides is 3. The lowest BCUT2D eigenvalue weighted by Gasteiger charge is -2.34. The van der Waals surface area contributed by atoms with Gasteiger partial charge in [0.25, 0.3) is 0 Å². The van der Waals surface area contributed by atoms with Crippen molar-refractivity contribution in [2.24, 2.45) is 7.05 Å². The highest BCUT2D eigenvalue weighted by molar-refractivity contribution is 6.10. The van der Waals surface area contributed by atoms with E-state index in [1.807, 2.05) is 0 Å². The van der Waals surface area contributed by atoms with Gasteiger partial charge in [0.2, 0.25) is 11.7 Å². The van der Waals surface area contributed by atoms with Gasteiger partial charge in [-0.05, 0) is 62.6 Å². The van der Waals surface area contributed by atoms with E-state index in [9.17, 15) is 22.8 Å². The van der Waals surface area contributed by atoms with E-state index in [0.29, 0.717) is 36.7 Å². The highest BCUT2D eigenvalue weighted by Crippen LogP contribution is 2.48. The summed E-state index contributed by atoms with van der Waals surface area (Å²) < 4.78 is 89.0. The van der Waals surface area contributed by atoms with E-state index in [2.05, 4.69) is 22.5 Å². The molecule has 51 heavy (non-hydrogen) atoms. The molecule has 0 atom stereocenters. The van der Waals surface area contributed by atoms with Crippen molar-refractivity contribution in [3.8, 4) is 16.9 Å². The number of benzene rings is 2. The molecule has 14 heteroatoms. The van der Waals surface area contributed by atoms with Crippen molar-refractivity contribution in [3.05, 3.63) is 94.6 Å². The smallest absolute Gasteiger partial charge is 0.417 e. The molecule has 0 unspecified atom stereocenters. The van der Waals surface area contributed by atoms with Crippen LogP contribution in [-0.4, -0.2) is 57.5 Å². The molecule has 0 bridgehead atoms. The largest absolute Gasteiger partial charge is 0.490 e. The monoisotopic (exact) mass is 707 g/mol.